The lowest BCUT2D eigenvalue weighted by molar-refractivity contribution is 0.973. The molecule has 3 aromatic rings. The Kier molecular flexibility index (Phi) is 4.39. The molecule has 20 heavy (non-hydrogen) atoms. The summed E-state index contributed by atoms with van der Waals surface area (Å²) in [5.41, 5.74) is 2.39. The fraction of sp³-hybridized carbons (Fsp3) is 0.0769. The maximum Gasteiger partial charge on any atom is 0.188 e. The van der Waals surface area contributed by atoms with Gasteiger partial charge in [-0.2, -0.15) is 5.10 Å². The number of hydrogen-bond donors (Lipinski definition) is 2. The molecule has 0 fully saturated rings. The van der Waals surface area contributed by atoms with E-state index in [1.54, 1.807) is 23.1 Å². The molecule has 0 spiro atoms. The molecular weight excluding hydrogens is 356 g/mol. The van der Waals surface area contributed by atoms with Gasteiger partial charge in [0.25, 0.3) is 0 Å². The number of thiophene rings is 1. The fourth-order valence-corrected chi connectivity index (χ4v) is 3.54. The zero-order chi connectivity index (χ0) is 13.8. The normalized spacial score (nSPS) is 10.7. The van der Waals surface area contributed by atoms with Crippen molar-refractivity contribution in [2.24, 2.45) is 0 Å². The second-order valence-electron chi connectivity index (χ2n) is 4.03. The van der Waals surface area contributed by atoms with Gasteiger partial charge in [0.05, 0.1) is 3.79 Å². The van der Waals surface area contributed by atoms with Crippen molar-refractivity contribution in [1.82, 2.24) is 15.2 Å². The summed E-state index contributed by atoms with van der Waals surface area (Å²) in [5, 5.41) is 13.0. The van der Waals surface area contributed by atoms with Gasteiger partial charge in [-0.3, -0.25) is 5.10 Å². The highest BCUT2D eigenvalue weighted by Crippen LogP contribution is 2.26. The van der Waals surface area contributed by atoms with E-state index in [0.717, 1.165) is 26.1 Å². The first-order valence-corrected chi connectivity index (χ1v) is 8.38. The Morgan fingerprint density at radius 3 is 2.80 bits per heavy atom. The Bertz CT molecular complexity index is 664. The van der Waals surface area contributed by atoms with E-state index in [1.165, 1.54) is 11.9 Å². The molecule has 0 atom stereocenters. The minimum absolute atomic E-state index is 0.800. The van der Waals surface area contributed by atoms with Crippen molar-refractivity contribution >= 4 is 44.7 Å². The van der Waals surface area contributed by atoms with E-state index in [4.69, 9.17) is 0 Å². The molecule has 0 saturated heterocycles. The fourth-order valence-electron chi connectivity index (χ4n) is 1.64. The Hall–Kier alpha value is -1.31. The Labute approximate surface area is 133 Å². The van der Waals surface area contributed by atoms with Crippen LogP contribution < -0.4 is 5.32 Å². The third kappa shape index (κ3) is 3.62. The zero-order valence-corrected chi connectivity index (χ0v) is 13.6. The second-order valence-corrected chi connectivity index (χ2v) is 7.38. The Morgan fingerprint density at radius 2 is 2.15 bits per heavy atom. The van der Waals surface area contributed by atoms with E-state index in [2.05, 4.69) is 72.1 Å². The van der Waals surface area contributed by atoms with Gasteiger partial charge in [-0.1, -0.05) is 11.8 Å². The van der Waals surface area contributed by atoms with Crippen LogP contribution in [0.15, 0.2) is 55.9 Å². The van der Waals surface area contributed by atoms with Crippen molar-refractivity contribution in [3.63, 3.8) is 0 Å². The highest BCUT2D eigenvalue weighted by Gasteiger charge is 2.01. The first kappa shape index (κ1) is 13.7. The van der Waals surface area contributed by atoms with Gasteiger partial charge < -0.3 is 5.32 Å². The van der Waals surface area contributed by atoms with E-state index in [9.17, 15) is 0 Å². The third-order valence-electron chi connectivity index (χ3n) is 2.58. The van der Waals surface area contributed by atoms with Crippen LogP contribution in [0.5, 0.6) is 0 Å². The number of nitrogens with one attached hydrogen (secondary N) is 2. The first-order valence-electron chi connectivity index (χ1n) is 5.90. The van der Waals surface area contributed by atoms with E-state index in [1.807, 2.05) is 0 Å². The molecule has 7 heteroatoms. The number of halogens is 1. The summed E-state index contributed by atoms with van der Waals surface area (Å²) in [6.07, 6.45) is 1.51. The lowest BCUT2D eigenvalue weighted by atomic mass is 10.3. The minimum Gasteiger partial charge on any atom is -0.381 e. The van der Waals surface area contributed by atoms with Crippen LogP contribution in [0.4, 0.5) is 5.69 Å². The summed E-state index contributed by atoms with van der Waals surface area (Å²) in [7, 11) is 0. The lowest BCUT2D eigenvalue weighted by Gasteiger charge is -2.05. The summed E-state index contributed by atoms with van der Waals surface area (Å²) in [6, 6.07) is 10.4. The van der Waals surface area contributed by atoms with Gasteiger partial charge in [-0.15, -0.1) is 11.3 Å². The van der Waals surface area contributed by atoms with E-state index in [-0.39, 0.29) is 0 Å². The summed E-state index contributed by atoms with van der Waals surface area (Å²) < 4.78 is 1.16. The maximum atomic E-state index is 4.09. The third-order valence-corrected chi connectivity index (χ3v) is 5.03. The molecule has 4 nitrogen and oxygen atoms in total. The molecule has 2 N–H and O–H groups in total. The van der Waals surface area contributed by atoms with Crippen LogP contribution in [-0.2, 0) is 6.54 Å². The van der Waals surface area contributed by atoms with Crippen LogP contribution in [0, 0.1) is 0 Å². The lowest BCUT2D eigenvalue weighted by Crippen LogP contribution is -1.97. The monoisotopic (exact) mass is 366 g/mol. The number of aromatic nitrogens is 3. The summed E-state index contributed by atoms with van der Waals surface area (Å²) in [6.45, 7) is 0.830. The van der Waals surface area contributed by atoms with Crippen LogP contribution in [0.25, 0.3) is 0 Å². The standard InChI is InChI=1S/C13H11BrN4S2/c14-12-5-9(7-19-12)6-15-10-1-3-11(4-2-10)20-13-16-8-17-18-13/h1-5,7-8,15H,6H2,(H,16,17,18). The summed E-state index contributed by atoms with van der Waals surface area (Å²) in [5.74, 6) is 0. The number of anilines is 1. The van der Waals surface area contributed by atoms with Gasteiger partial charge in [-0.05, 0) is 57.2 Å². The molecule has 0 aliphatic heterocycles. The van der Waals surface area contributed by atoms with E-state index in [0.29, 0.717) is 0 Å². The van der Waals surface area contributed by atoms with Crippen LogP contribution >= 0.6 is 39.0 Å². The highest BCUT2D eigenvalue weighted by molar-refractivity contribution is 9.11. The molecule has 3 rings (SSSR count). The van der Waals surface area contributed by atoms with Crippen molar-refractivity contribution < 1.29 is 0 Å². The molecule has 2 aromatic heterocycles. The number of aromatic amines is 1. The van der Waals surface area contributed by atoms with Gasteiger partial charge >= 0.3 is 0 Å². The first-order chi connectivity index (χ1) is 9.79. The van der Waals surface area contributed by atoms with Crippen molar-refractivity contribution in [3.05, 3.63) is 51.4 Å². The van der Waals surface area contributed by atoms with Gasteiger partial charge in [0.2, 0.25) is 0 Å². The molecule has 0 aliphatic rings. The summed E-state index contributed by atoms with van der Waals surface area (Å²) in [4.78, 5) is 5.22. The van der Waals surface area contributed by atoms with Gasteiger partial charge in [0.15, 0.2) is 5.16 Å². The van der Waals surface area contributed by atoms with E-state index >= 15 is 0 Å². The smallest absolute Gasteiger partial charge is 0.188 e. The predicted octanol–water partition coefficient (Wildman–Crippen LogP) is 4.39. The average Bonchev–Trinajstić information content (AvgIpc) is 3.10. The molecule has 0 unspecified atom stereocenters. The number of hydrogen-bond acceptors (Lipinski definition) is 5. The number of benzene rings is 1. The minimum atomic E-state index is 0.800. The Balaban J connectivity index is 1.58. The van der Waals surface area contributed by atoms with Crippen molar-refractivity contribution in [3.8, 4) is 0 Å². The van der Waals surface area contributed by atoms with Gasteiger partial charge in [0.1, 0.15) is 6.33 Å². The number of H-pyrrole nitrogens is 1. The molecule has 2 heterocycles. The SMILES string of the molecule is Brc1cc(CNc2ccc(Sc3ncn[nH]3)cc2)cs1. The topological polar surface area (TPSA) is 53.6 Å². The Morgan fingerprint density at radius 1 is 1.30 bits per heavy atom. The molecule has 0 radical (unpaired) electrons. The van der Waals surface area contributed by atoms with Gasteiger partial charge in [0, 0.05) is 17.1 Å². The maximum absolute atomic E-state index is 4.09. The predicted molar refractivity (Wildman–Crippen MR) is 86.3 cm³/mol. The second kappa shape index (κ2) is 6.43. The van der Waals surface area contributed by atoms with Crippen LogP contribution in [0.1, 0.15) is 5.56 Å². The van der Waals surface area contributed by atoms with Crippen molar-refractivity contribution in [2.75, 3.05) is 5.32 Å². The van der Waals surface area contributed by atoms with Crippen LogP contribution in [0.3, 0.4) is 0 Å². The molecule has 0 saturated carbocycles. The van der Waals surface area contributed by atoms with E-state index < -0.39 is 0 Å². The summed E-state index contributed by atoms with van der Waals surface area (Å²) >= 11 is 6.73. The van der Waals surface area contributed by atoms with Crippen molar-refractivity contribution in [1.29, 1.82) is 0 Å². The molecular formula is C13H11BrN4S2. The molecule has 0 aliphatic carbocycles. The molecule has 102 valence electrons. The number of nitrogens with zero attached hydrogens (tertiary/aromatic N) is 2. The van der Waals surface area contributed by atoms with Crippen LogP contribution in [-0.4, -0.2) is 15.2 Å². The average molecular weight is 367 g/mol. The van der Waals surface area contributed by atoms with Crippen LogP contribution in [0.2, 0.25) is 0 Å². The quantitative estimate of drug-likeness (QED) is 0.702. The zero-order valence-electron chi connectivity index (χ0n) is 10.3. The van der Waals surface area contributed by atoms with Crippen molar-refractivity contribution in [2.45, 2.75) is 16.6 Å². The molecule has 0 amide bonds. The highest BCUT2D eigenvalue weighted by atomic mass is 79.9. The largest absolute Gasteiger partial charge is 0.381 e. The van der Waals surface area contributed by atoms with Gasteiger partial charge in [-0.25, -0.2) is 4.98 Å². The molecule has 0 bridgehead atoms. The number of rotatable bonds is 5. The molecule has 1 aromatic carbocycles.